The number of amides is 1. The Hall–Kier alpha value is -1.40. The van der Waals surface area contributed by atoms with Gasteiger partial charge in [-0.2, -0.15) is 0 Å². The average molecular weight is 1030 g/mol. The Kier molecular flexibility index (Phi) is 61.9. The highest BCUT2D eigenvalue weighted by molar-refractivity contribution is 5.76. The molecule has 0 aliphatic heterocycles. The maximum Gasteiger partial charge on any atom is 0.305 e. The van der Waals surface area contributed by atoms with Gasteiger partial charge in [-0.3, -0.25) is 9.59 Å². The molecule has 0 aromatic heterocycles. The summed E-state index contributed by atoms with van der Waals surface area (Å²) in [6.45, 7) is 4.94. The number of ether oxygens (including phenoxy) is 1. The van der Waals surface area contributed by atoms with E-state index in [0.29, 0.717) is 19.4 Å². The van der Waals surface area contributed by atoms with Gasteiger partial charge in [0.2, 0.25) is 5.91 Å². The van der Waals surface area contributed by atoms with Gasteiger partial charge in [-0.15, -0.1) is 0 Å². The number of aliphatic hydroxyl groups excluding tert-OH is 2. The van der Waals surface area contributed by atoms with Crippen molar-refractivity contribution in [2.24, 2.45) is 0 Å². The number of carbonyl (C=O) groups is 2. The largest absolute Gasteiger partial charge is 0.466 e. The monoisotopic (exact) mass is 1030 g/mol. The molecule has 6 heteroatoms. The average Bonchev–Trinajstić information content (AvgIpc) is 3.39. The van der Waals surface area contributed by atoms with Crippen molar-refractivity contribution in [1.29, 1.82) is 0 Å². The highest BCUT2D eigenvalue weighted by atomic mass is 16.5. The molecule has 6 nitrogen and oxygen atoms in total. The minimum Gasteiger partial charge on any atom is -0.466 e. The normalized spacial score (nSPS) is 12.5. The number of nitrogens with one attached hydrogen (secondary N) is 1. The van der Waals surface area contributed by atoms with Crippen LogP contribution in [0.5, 0.6) is 0 Å². The second-order valence-electron chi connectivity index (χ2n) is 23.2. The van der Waals surface area contributed by atoms with E-state index < -0.39 is 12.1 Å². The number of hydrogen-bond donors (Lipinski definition) is 3. The molecule has 0 aromatic carbocycles. The summed E-state index contributed by atoms with van der Waals surface area (Å²) in [4.78, 5) is 24.5. The van der Waals surface area contributed by atoms with E-state index in [2.05, 4.69) is 19.2 Å². The van der Waals surface area contributed by atoms with Crippen molar-refractivity contribution in [2.45, 2.75) is 392 Å². The minimum absolute atomic E-state index is 0.0205. The van der Waals surface area contributed by atoms with Gasteiger partial charge in [0, 0.05) is 12.8 Å². The van der Waals surface area contributed by atoms with Gasteiger partial charge in [-0.1, -0.05) is 347 Å². The van der Waals surface area contributed by atoms with Crippen LogP contribution in [0.2, 0.25) is 0 Å². The predicted octanol–water partition coefficient (Wildman–Crippen LogP) is 21.2. The van der Waals surface area contributed by atoms with Gasteiger partial charge >= 0.3 is 5.97 Å². The maximum absolute atomic E-state index is 12.5. The van der Waals surface area contributed by atoms with Gasteiger partial charge in [-0.05, 0) is 32.1 Å². The quantitative estimate of drug-likeness (QED) is 0.0320. The summed E-state index contributed by atoms with van der Waals surface area (Å²) in [5.74, 6) is -0.0425. The van der Waals surface area contributed by atoms with Crippen LogP contribution in [0.4, 0.5) is 0 Å². The topological polar surface area (TPSA) is 95.9 Å². The van der Waals surface area contributed by atoms with Gasteiger partial charge in [0.05, 0.1) is 25.4 Å². The van der Waals surface area contributed by atoms with Crippen molar-refractivity contribution in [1.82, 2.24) is 5.32 Å². The third-order valence-corrected chi connectivity index (χ3v) is 15.8. The van der Waals surface area contributed by atoms with Crippen LogP contribution >= 0.6 is 0 Å². The van der Waals surface area contributed by atoms with Crippen LogP contribution in [0, 0.1) is 0 Å². The zero-order chi connectivity index (χ0) is 52.9. The number of esters is 1. The van der Waals surface area contributed by atoms with Crippen LogP contribution in [0.1, 0.15) is 380 Å². The molecule has 3 N–H and O–H groups in total. The Morgan fingerprint density at radius 1 is 0.370 bits per heavy atom. The Labute approximate surface area is 457 Å². The predicted molar refractivity (Wildman–Crippen MR) is 320 cm³/mol. The molecular weight excluding hydrogens is 899 g/mol. The Bertz CT molecular complexity index is 1100. The summed E-state index contributed by atoms with van der Waals surface area (Å²) in [6.07, 6.45) is 77.0. The van der Waals surface area contributed by atoms with Crippen LogP contribution in [-0.2, 0) is 14.3 Å². The molecule has 0 bridgehead atoms. The van der Waals surface area contributed by atoms with Gasteiger partial charge in [0.15, 0.2) is 0 Å². The summed E-state index contributed by atoms with van der Waals surface area (Å²) in [6, 6.07) is -0.625. The SMILES string of the molecule is CCCCCCCCCCCCCCC/C=C/C(O)C(CO)NC(=O)CCCCCCCCCCCCCCCCCCCCCCCCCCCCOC(=O)CCCCCCCCCCCCCCCCC. The van der Waals surface area contributed by atoms with Crippen LogP contribution in [0.15, 0.2) is 12.2 Å². The number of allylic oxidation sites excluding steroid dienone is 1. The van der Waals surface area contributed by atoms with E-state index >= 15 is 0 Å². The summed E-state index contributed by atoms with van der Waals surface area (Å²) in [7, 11) is 0. The third-order valence-electron chi connectivity index (χ3n) is 15.8. The van der Waals surface area contributed by atoms with Crippen LogP contribution in [0.25, 0.3) is 0 Å². The number of rotatable bonds is 63. The molecule has 0 aromatic rings. The van der Waals surface area contributed by atoms with Gasteiger partial charge in [0.25, 0.3) is 0 Å². The van der Waals surface area contributed by atoms with E-state index in [4.69, 9.17) is 4.74 Å². The number of unbranched alkanes of at least 4 members (excludes halogenated alkanes) is 52. The van der Waals surface area contributed by atoms with Gasteiger partial charge in [-0.25, -0.2) is 0 Å². The molecule has 0 aliphatic carbocycles. The molecule has 0 rings (SSSR count). The Morgan fingerprint density at radius 2 is 0.630 bits per heavy atom. The van der Waals surface area contributed by atoms with Crippen LogP contribution in [0.3, 0.4) is 0 Å². The van der Waals surface area contributed by atoms with Crippen molar-refractivity contribution in [2.75, 3.05) is 13.2 Å². The van der Waals surface area contributed by atoms with Crippen molar-refractivity contribution in [3.8, 4) is 0 Å². The minimum atomic E-state index is -0.842. The standard InChI is InChI=1S/C67H131NO5/c1-3-5-7-9-11-13-15-17-31-35-39-43-47-51-55-59-65(70)64(63-69)68-66(71)60-56-52-48-44-40-36-33-29-27-25-23-21-19-20-22-24-26-28-30-34-38-42-46-50-54-58-62-73-67(72)61-57-53-49-45-41-37-32-18-16-14-12-10-8-6-4-2/h55,59,64-65,69-70H,3-54,56-58,60-63H2,1-2H3,(H,68,71)/b59-55+. The summed E-state index contributed by atoms with van der Waals surface area (Å²) in [5.41, 5.74) is 0. The fourth-order valence-electron chi connectivity index (χ4n) is 10.7. The molecule has 434 valence electrons. The van der Waals surface area contributed by atoms with Gasteiger partial charge in [0.1, 0.15) is 0 Å². The lowest BCUT2D eigenvalue weighted by Gasteiger charge is -2.20. The molecule has 2 atom stereocenters. The lowest BCUT2D eigenvalue weighted by molar-refractivity contribution is -0.143. The van der Waals surface area contributed by atoms with Crippen molar-refractivity contribution < 1.29 is 24.5 Å². The van der Waals surface area contributed by atoms with Crippen LogP contribution in [-0.4, -0.2) is 47.4 Å². The first-order valence-corrected chi connectivity index (χ1v) is 33.5. The molecule has 73 heavy (non-hydrogen) atoms. The van der Waals surface area contributed by atoms with E-state index in [9.17, 15) is 19.8 Å². The first-order valence-electron chi connectivity index (χ1n) is 33.5. The smallest absolute Gasteiger partial charge is 0.305 e. The lowest BCUT2D eigenvalue weighted by atomic mass is 10.0. The van der Waals surface area contributed by atoms with Crippen LogP contribution < -0.4 is 5.32 Å². The van der Waals surface area contributed by atoms with E-state index in [1.54, 1.807) is 6.08 Å². The molecule has 1 amide bonds. The zero-order valence-corrected chi connectivity index (χ0v) is 49.6. The van der Waals surface area contributed by atoms with E-state index in [1.807, 2.05) is 6.08 Å². The number of carbonyl (C=O) groups excluding carboxylic acids is 2. The van der Waals surface area contributed by atoms with E-state index in [-0.39, 0.29) is 18.5 Å². The molecule has 0 radical (unpaired) electrons. The third kappa shape index (κ3) is 59.7. The highest BCUT2D eigenvalue weighted by Crippen LogP contribution is 2.19. The second-order valence-corrected chi connectivity index (χ2v) is 23.2. The second kappa shape index (κ2) is 63.1. The molecule has 0 fully saturated rings. The summed E-state index contributed by atoms with van der Waals surface area (Å²) in [5, 5.41) is 23.1. The molecular formula is C67H131NO5. The molecule has 0 saturated carbocycles. The molecule has 2 unspecified atom stereocenters. The van der Waals surface area contributed by atoms with Crippen molar-refractivity contribution in [3.63, 3.8) is 0 Å². The zero-order valence-electron chi connectivity index (χ0n) is 49.6. The lowest BCUT2D eigenvalue weighted by Crippen LogP contribution is -2.45. The Morgan fingerprint density at radius 3 is 0.932 bits per heavy atom. The summed E-state index contributed by atoms with van der Waals surface area (Å²) < 4.78 is 5.50. The van der Waals surface area contributed by atoms with Gasteiger partial charge < -0.3 is 20.3 Å². The number of aliphatic hydroxyl groups is 2. The maximum atomic E-state index is 12.5. The first kappa shape index (κ1) is 71.6. The first-order chi connectivity index (χ1) is 36.0. The fraction of sp³-hybridized carbons (Fsp3) is 0.940. The molecule has 0 spiro atoms. The molecule has 0 aliphatic rings. The molecule has 0 heterocycles. The van der Waals surface area contributed by atoms with Crippen molar-refractivity contribution in [3.05, 3.63) is 12.2 Å². The highest BCUT2D eigenvalue weighted by Gasteiger charge is 2.18. The Balaban J connectivity index is 3.35. The molecule has 0 saturated heterocycles. The van der Waals surface area contributed by atoms with E-state index in [1.165, 1.54) is 315 Å². The number of hydrogen-bond acceptors (Lipinski definition) is 5. The van der Waals surface area contributed by atoms with Crippen molar-refractivity contribution >= 4 is 11.9 Å². The summed E-state index contributed by atoms with van der Waals surface area (Å²) >= 11 is 0. The van der Waals surface area contributed by atoms with E-state index in [0.717, 1.165) is 38.5 Å². The fourth-order valence-corrected chi connectivity index (χ4v) is 10.7.